The van der Waals surface area contributed by atoms with Crippen LogP contribution in [-0.4, -0.2) is 31.7 Å². The van der Waals surface area contributed by atoms with E-state index in [1.54, 1.807) is 24.3 Å². The molecule has 0 unspecified atom stereocenters. The van der Waals surface area contributed by atoms with Gasteiger partial charge in [0.25, 0.3) is 15.7 Å². The van der Waals surface area contributed by atoms with Crippen molar-refractivity contribution in [2.45, 2.75) is 13.3 Å². The van der Waals surface area contributed by atoms with E-state index in [0.717, 1.165) is 9.10 Å². The summed E-state index contributed by atoms with van der Waals surface area (Å²) >= 11 is 2.54. The highest BCUT2D eigenvalue weighted by molar-refractivity contribution is 8.01. The Morgan fingerprint density at radius 2 is 1.76 bits per heavy atom. The largest absolute Gasteiger partial charge is 0.269 e. The fourth-order valence-electron chi connectivity index (χ4n) is 1.43. The predicted molar refractivity (Wildman–Crippen MR) is 82.4 cm³/mol. The molecule has 0 aliphatic carbocycles. The lowest BCUT2D eigenvalue weighted by atomic mass is 10.3. The quantitative estimate of drug-likeness (QED) is 0.615. The fourth-order valence-corrected chi connectivity index (χ4v) is 5.16. The molecule has 6 nitrogen and oxygen atoms in total. The van der Waals surface area contributed by atoms with Gasteiger partial charge in [0.1, 0.15) is 4.21 Å². The number of nitro groups is 1. The van der Waals surface area contributed by atoms with Gasteiger partial charge in [-0.25, -0.2) is 12.7 Å². The minimum Gasteiger partial charge on any atom is -0.258 e. The third kappa shape index (κ3) is 3.62. The Labute approximate surface area is 130 Å². The van der Waals surface area contributed by atoms with Crippen molar-refractivity contribution < 1.29 is 13.3 Å². The Morgan fingerprint density at radius 1 is 1.14 bits per heavy atom. The van der Waals surface area contributed by atoms with Crippen LogP contribution in [-0.2, 0) is 10.0 Å². The van der Waals surface area contributed by atoms with E-state index in [0.29, 0.717) is 0 Å². The van der Waals surface area contributed by atoms with Crippen LogP contribution in [0.1, 0.15) is 0 Å². The van der Waals surface area contributed by atoms with Crippen molar-refractivity contribution in [1.82, 2.24) is 4.31 Å². The molecule has 0 amide bonds. The second kappa shape index (κ2) is 6.14. The maximum Gasteiger partial charge on any atom is 0.269 e. The number of hydrogen-bond acceptors (Lipinski definition) is 6. The van der Waals surface area contributed by atoms with Crippen LogP contribution in [0.25, 0.3) is 0 Å². The Kier molecular flexibility index (Phi) is 4.67. The lowest BCUT2D eigenvalue weighted by Crippen LogP contribution is -2.21. The van der Waals surface area contributed by atoms with Crippen molar-refractivity contribution in [3.8, 4) is 0 Å². The molecule has 1 heterocycles. The monoisotopic (exact) mass is 344 g/mol. The molecule has 0 atom stereocenters. The molecular formula is C12H12N2O4S3. The van der Waals surface area contributed by atoms with Gasteiger partial charge in [-0.05, 0) is 24.3 Å². The molecule has 0 radical (unpaired) electrons. The first-order valence-corrected chi connectivity index (χ1v) is 8.82. The maximum atomic E-state index is 12.0. The first kappa shape index (κ1) is 16.0. The topological polar surface area (TPSA) is 80.5 Å². The molecule has 112 valence electrons. The Balaban J connectivity index is 2.18. The number of nitro benzene ring substituents is 1. The number of thiophene rings is 1. The van der Waals surface area contributed by atoms with E-state index in [-0.39, 0.29) is 9.90 Å². The van der Waals surface area contributed by atoms with Gasteiger partial charge in [0.2, 0.25) is 0 Å². The van der Waals surface area contributed by atoms with E-state index in [2.05, 4.69) is 0 Å². The lowest BCUT2D eigenvalue weighted by Gasteiger charge is -2.08. The summed E-state index contributed by atoms with van der Waals surface area (Å²) in [5, 5.41) is 10.6. The molecule has 1 aromatic carbocycles. The number of nitrogens with zero attached hydrogens (tertiary/aromatic N) is 2. The molecule has 9 heteroatoms. The fraction of sp³-hybridized carbons (Fsp3) is 0.167. The van der Waals surface area contributed by atoms with Gasteiger partial charge in [-0.1, -0.05) is 11.8 Å². The van der Waals surface area contributed by atoms with Crippen LogP contribution in [0.4, 0.5) is 5.69 Å². The standard InChI is InChI=1S/C12H12N2O4S3/c1-13(2)21(17,18)12-8-7-11(20-12)19-10-5-3-9(4-6-10)14(15)16/h3-8H,1-2H3. The maximum absolute atomic E-state index is 12.0. The van der Waals surface area contributed by atoms with Crippen LogP contribution in [0.3, 0.4) is 0 Å². The smallest absolute Gasteiger partial charge is 0.258 e. The van der Waals surface area contributed by atoms with Crippen LogP contribution in [0, 0.1) is 10.1 Å². The Bertz CT molecular complexity index is 751. The summed E-state index contributed by atoms with van der Waals surface area (Å²) in [5.41, 5.74) is 0.0291. The van der Waals surface area contributed by atoms with Gasteiger partial charge in [0.05, 0.1) is 9.13 Å². The third-order valence-corrected chi connectivity index (χ3v) is 7.07. The molecule has 0 saturated carbocycles. The van der Waals surface area contributed by atoms with Crippen LogP contribution >= 0.6 is 23.1 Å². The van der Waals surface area contributed by atoms with Crippen molar-refractivity contribution in [3.63, 3.8) is 0 Å². The Morgan fingerprint density at radius 3 is 2.29 bits per heavy atom. The van der Waals surface area contributed by atoms with Gasteiger partial charge < -0.3 is 0 Å². The summed E-state index contributed by atoms with van der Waals surface area (Å²) in [6.07, 6.45) is 0. The average molecular weight is 344 g/mol. The van der Waals surface area contributed by atoms with Crippen LogP contribution in [0.15, 0.2) is 49.7 Å². The van der Waals surface area contributed by atoms with Gasteiger partial charge in [-0.15, -0.1) is 11.3 Å². The molecule has 2 aromatic rings. The van der Waals surface area contributed by atoms with E-state index >= 15 is 0 Å². The van der Waals surface area contributed by atoms with E-state index in [1.165, 1.54) is 53.6 Å². The Hall–Kier alpha value is -1.42. The SMILES string of the molecule is CN(C)S(=O)(=O)c1ccc(Sc2ccc([N+](=O)[O-])cc2)s1. The minimum atomic E-state index is -3.42. The van der Waals surface area contributed by atoms with Crippen molar-refractivity contribution >= 4 is 38.8 Å². The zero-order chi connectivity index (χ0) is 15.6. The lowest BCUT2D eigenvalue weighted by molar-refractivity contribution is -0.384. The summed E-state index contributed by atoms with van der Waals surface area (Å²) in [7, 11) is -0.448. The molecule has 21 heavy (non-hydrogen) atoms. The van der Waals surface area contributed by atoms with Gasteiger partial charge in [0, 0.05) is 31.1 Å². The summed E-state index contributed by atoms with van der Waals surface area (Å²) < 4.78 is 26.2. The van der Waals surface area contributed by atoms with Crippen molar-refractivity contribution in [2.24, 2.45) is 0 Å². The highest BCUT2D eigenvalue weighted by Gasteiger charge is 2.19. The van der Waals surface area contributed by atoms with Crippen LogP contribution in [0.5, 0.6) is 0 Å². The van der Waals surface area contributed by atoms with Crippen molar-refractivity contribution in [3.05, 3.63) is 46.5 Å². The van der Waals surface area contributed by atoms with Gasteiger partial charge >= 0.3 is 0 Å². The molecule has 0 bridgehead atoms. The first-order chi connectivity index (χ1) is 9.80. The summed E-state index contributed by atoms with van der Waals surface area (Å²) in [5.74, 6) is 0. The number of benzene rings is 1. The summed E-state index contributed by atoms with van der Waals surface area (Å²) in [6.45, 7) is 0. The highest BCUT2D eigenvalue weighted by Crippen LogP contribution is 2.36. The number of hydrogen-bond donors (Lipinski definition) is 0. The zero-order valence-corrected chi connectivity index (χ0v) is 13.7. The normalized spacial score (nSPS) is 11.8. The van der Waals surface area contributed by atoms with Crippen molar-refractivity contribution in [2.75, 3.05) is 14.1 Å². The third-order valence-electron chi connectivity index (χ3n) is 2.56. The number of sulfonamides is 1. The number of non-ortho nitro benzene ring substituents is 1. The molecule has 0 spiro atoms. The van der Waals surface area contributed by atoms with Gasteiger partial charge in [-0.2, -0.15) is 0 Å². The second-order valence-corrected chi connectivity index (χ2v) is 9.05. The summed E-state index contributed by atoms with van der Waals surface area (Å²) in [6, 6.07) is 9.42. The molecule has 2 rings (SSSR count). The molecule has 0 saturated heterocycles. The average Bonchev–Trinajstić information content (AvgIpc) is 2.88. The van der Waals surface area contributed by atoms with E-state index in [9.17, 15) is 18.5 Å². The molecule has 0 aliphatic rings. The first-order valence-electron chi connectivity index (χ1n) is 5.75. The van der Waals surface area contributed by atoms with E-state index in [1.807, 2.05) is 0 Å². The minimum absolute atomic E-state index is 0.0291. The summed E-state index contributed by atoms with van der Waals surface area (Å²) in [4.78, 5) is 10.9. The highest BCUT2D eigenvalue weighted by atomic mass is 32.3. The molecule has 1 aromatic heterocycles. The van der Waals surface area contributed by atoms with Crippen molar-refractivity contribution in [1.29, 1.82) is 0 Å². The van der Waals surface area contributed by atoms with E-state index in [4.69, 9.17) is 0 Å². The molecule has 0 aliphatic heterocycles. The van der Waals surface area contributed by atoms with Gasteiger partial charge in [0.15, 0.2) is 0 Å². The van der Waals surface area contributed by atoms with Gasteiger partial charge in [-0.3, -0.25) is 10.1 Å². The van der Waals surface area contributed by atoms with E-state index < -0.39 is 14.9 Å². The number of rotatable bonds is 5. The molecular weight excluding hydrogens is 332 g/mol. The second-order valence-electron chi connectivity index (χ2n) is 4.21. The molecule has 0 fully saturated rings. The molecule has 0 N–H and O–H groups in total. The zero-order valence-electron chi connectivity index (χ0n) is 11.2. The van der Waals surface area contributed by atoms with Crippen LogP contribution < -0.4 is 0 Å². The predicted octanol–water partition coefficient (Wildman–Crippen LogP) is 3.06. The van der Waals surface area contributed by atoms with Crippen LogP contribution in [0.2, 0.25) is 0 Å².